The van der Waals surface area contributed by atoms with Gasteiger partial charge in [-0.05, 0) is 18.1 Å². The molecule has 0 aromatic heterocycles. The van der Waals surface area contributed by atoms with Gasteiger partial charge in [0, 0.05) is 0 Å². The molecular weight excluding hydrogens is 152 g/mol. The second-order valence-electron chi connectivity index (χ2n) is 2.47. The Labute approximate surface area is 67.4 Å². The van der Waals surface area contributed by atoms with Crippen LogP contribution < -0.4 is 0 Å². The Morgan fingerprint density at radius 1 is 1.44 bits per heavy atom. The van der Waals surface area contributed by atoms with E-state index in [1.807, 2.05) is 11.8 Å². The summed E-state index contributed by atoms with van der Waals surface area (Å²) in [6.07, 6.45) is 1.22. The lowest BCUT2D eigenvalue weighted by Gasteiger charge is -2.10. The van der Waals surface area contributed by atoms with Gasteiger partial charge in [0.1, 0.15) is 0 Å². The maximum Gasteiger partial charge on any atom is 0.0811 e. The van der Waals surface area contributed by atoms with E-state index in [0.29, 0.717) is 10.6 Å². The topological polar surface area (TPSA) is 0 Å². The zero-order valence-corrected chi connectivity index (χ0v) is 7.93. The lowest BCUT2D eigenvalue weighted by atomic mass is 10.3. The van der Waals surface area contributed by atoms with Gasteiger partial charge in [-0.1, -0.05) is 20.8 Å². The van der Waals surface area contributed by atoms with Crippen molar-refractivity contribution in [2.24, 2.45) is 5.92 Å². The monoisotopic (exact) mass is 166 g/mol. The molecule has 0 spiro atoms. The van der Waals surface area contributed by atoms with Gasteiger partial charge < -0.3 is 0 Å². The molecule has 0 fully saturated rings. The molecule has 0 saturated carbocycles. The first-order valence-corrected chi connectivity index (χ1v) is 4.92. The highest BCUT2D eigenvalue weighted by Gasteiger charge is 2.07. The van der Waals surface area contributed by atoms with Crippen LogP contribution >= 0.6 is 23.4 Å². The number of thioether (sulfide) groups is 1. The standard InChI is InChI=1S/C7H15ClS/c1-4-5-9-7(8)6(2)3/h6-7H,4-5H2,1-3H3. The molecule has 2 heteroatoms. The summed E-state index contributed by atoms with van der Waals surface area (Å²) in [4.78, 5) is 0. The van der Waals surface area contributed by atoms with E-state index in [-0.39, 0.29) is 0 Å². The van der Waals surface area contributed by atoms with Crippen LogP contribution in [0.5, 0.6) is 0 Å². The summed E-state index contributed by atoms with van der Waals surface area (Å²) in [5, 5.41) is 0. The van der Waals surface area contributed by atoms with Crippen LogP contribution in [0.15, 0.2) is 0 Å². The summed E-state index contributed by atoms with van der Waals surface area (Å²) in [5.74, 6) is 1.79. The third-order valence-corrected chi connectivity index (χ3v) is 3.39. The lowest BCUT2D eigenvalue weighted by Crippen LogP contribution is -2.02. The van der Waals surface area contributed by atoms with Crippen molar-refractivity contribution in [2.45, 2.75) is 31.9 Å². The fourth-order valence-electron chi connectivity index (χ4n) is 0.423. The van der Waals surface area contributed by atoms with Crippen molar-refractivity contribution in [3.8, 4) is 0 Å². The van der Waals surface area contributed by atoms with Gasteiger partial charge in [-0.25, -0.2) is 0 Å². The summed E-state index contributed by atoms with van der Waals surface area (Å²) < 4.78 is 0.310. The van der Waals surface area contributed by atoms with Crippen LogP contribution in [0.1, 0.15) is 27.2 Å². The zero-order chi connectivity index (χ0) is 7.28. The smallest absolute Gasteiger partial charge is 0.0811 e. The van der Waals surface area contributed by atoms with Crippen LogP contribution in [-0.2, 0) is 0 Å². The summed E-state index contributed by atoms with van der Waals surface area (Å²) in [6.45, 7) is 6.48. The minimum Gasteiger partial charge on any atom is -0.142 e. The molecule has 0 aliphatic carbocycles. The molecule has 0 radical (unpaired) electrons. The number of hydrogen-bond donors (Lipinski definition) is 0. The Balaban J connectivity index is 3.16. The Morgan fingerprint density at radius 2 is 2.00 bits per heavy atom. The third-order valence-electron chi connectivity index (χ3n) is 1.01. The fourth-order valence-corrected chi connectivity index (χ4v) is 1.54. The van der Waals surface area contributed by atoms with Gasteiger partial charge in [0.15, 0.2) is 0 Å². The van der Waals surface area contributed by atoms with Crippen LogP contribution in [0.2, 0.25) is 0 Å². The SMILES string of the molecule is CCCSC(Cl)C(C)C. The first-order valence-electron chi connectivity index (χ1n) is 3.44. The quantitative estimate of drug-likeness (QED) is 0.578. The van der Waals surface area contributed by atoms with E-state index >= 15 is 0 Å². The Hall–Kier alpha value is 0.640. The maximum absolute atomic E-state index is 5.96. The zero-order valence-electron chi connectivity index (χ0n) is 6.36. The molecule has 0 heterocycles. The highest BCUT2D eigenvalue weighted by Crippen LogP contribution is 2.23. The number of rotatable bonds is 4. The van der Waals surface area contributed by atoms with Crippen molar-refractivity contribution in [3.63, 3.8) is 0 Å². The average molecular weight is 167 g/mol. The first-order chi connectivity index (χ1) is 4.18. The van der Waals surface area contributed by atoms with Gasteiger partial charge >= 0.3 is 0 Å². The normalized spacial score (nSPS) is 14.3. The van der Waals surface area contributed by atoms with Gasteiger partial charge in [-0.15, -0.1) is 23.4 Å². The third kappa shape index (κ3) is 5.10. The molecule has 56 valence electrons. The molecule has 9 heavy (non-hydrogen) atoms. The predicted octanol–water partition coefficient (Wildman–Crippen LogP) is 3.35. The molecule has 0 rings (SSSR count). The molecule has 0 bridgehead atoms. The molecule has 0 saturated heterocycles. The Kier molecular flexibility index (Phi) is 5.81. The van der Waals surface area contributed by atoms with Crippen LogP contribution in [-0.4, -0.2) is 10.5 Å². The van der Waals surface area contributed by atoms with Gasteiger partial charge in [0.25, 0.3) is 0 Å². The summed E-state index contributed by atoms with van der Waals surface area (Å²) >= 11 is 7.81. The van der Waals surface area contributed by atoms with Crippen molar-refractivity contribution in [1.82, 2.24) is 0 Å². The van der Waals surface area contributed by atoms with Gasteiger partial charge in [0.2, 0.25) is 0 Å². The van der Waals surface area contributed by atoms with Gasteiger partial charge in [0.05, 0.1) is 4.71 Å². The molecule has 0 aliphatic rings. The predicted molar refractivity (Wildman–Crippen MR) is 47.2 cm³/mol. The summed E-state index contributed by atoms with van der Waals surface area (Å²) in [6, 6.07) is 0. The van der Waals surface area contributed by atoms with Gasteiger partial charge in [-0.3, -0.25) is 0 Å². The van der Waals surface area contributed by atoms with Crippen molar-refractivity contribution in [2.75, 3.05) is 5.75 Å². The Bertz CT molecular complexity index is 63.9. The van der Waals surface area contributed by atoms with Crippen LogP contribution in [0.25, 0.3) is 0 Å². The van der Waals surface area contributed by atoms with Gasteiger partial charge in [-0.2, -0.15) is 0 Å². The maximum atomic E-state index is 5.96. The molecule has 0 N–H and O–H groups in total. The minimum absolute atomic E-state index is 0.310. The number of hydrogen-bond acceptors (Lipinski definition) is 1. The molecule has 0 aromatic rings. The second-order valence-corrected chi connectivity index (χ2v) is 4.44. The van der Waals surface area contributed by atoms with Crippen LogP contribution in [0.3, 0.4) is 0 Å². The van der Waals surface area contributed by atoms with E-state index in [1.165, 1.54) is 12.2 Å². The molecule has 0 nitrogen and oxygen atoms in total. The van der Waals surface area contributed by atoms with E-state index < -0.39 is 0 Å². The minimum atomic E-state index is 0.310. The Morgan fingerprint density at radius 3 is 2.33 bits per heavy atom. The highest BCUT2D eigenvalue weighted by molar-refractivity contribution is 8.01. The lowest BCUT2D eigenvalue weighted by molar-refractivity contribution is 0.714. The van der Waals surface area contributed by atoms with Crippen LogP contribution in [0, 0.1) is 5.92 Å². The number of halogens is 1. The molecule has 0 aliphatic heterocycles. The largest absolute Gasteiger partial charge is 0.142 e. The van der Waals surface area contributed by atoms with E-state index in [0.717, 1.165) is 0 Å². The molecule has 0 amide bonds. The molecule has 0 aromatic carbocycles. The average Bonchev–Trinajstić information content (AvgIpc) is 1.82. The summed E-state index contributed by atoms with van der Waals surface area (Å²) in [7, 11) is 0. The van der Waals surface area contributed by atoms with E-state index in [1.54, 1.807) is 0 Å². The highest BCUT2D eigenvalue weighted by atomic mass is 35.5. The van der Waals surface area contributed by atoms with E-state index in [9.17, 15) is 0 Å². The fraction of sp³-hybridized carbons (Fsp3) is 1.00. The van der Waals surface area contributed by atoms with Crippen molar-refractivity contribution in [3.05, 3.63) is 0 Å². The summed E-state index contributed by atoms with van der Waals surface area (Å²) in [5.41, 5.74) is 0. The molecule has 1 unspecified atom stereocenters. The van der Waals surface area contributed by atoms with Crippen molar-refractivity contribution in [1.29, 1.82) is 0 Å². The van der Waals surface area contributed by atoms with Crippen molar-refractivity contribution >= 4 is 23.4 Å². The van der Waals surface area contributed by atoms with Crippen molar-refractivity contribution < 1.29 is 0 Å². The van der Waals surface area contributed by atoms with Crippen LogP contribution in [0.4, 0.5) is 0 Å². The number of alkyl halides is 1. The molecular formula is C7H15ClS. The second kappa shape index (κ2) is 5.43. The first kappa shape index (κ1) is 9.64. The van der Waals surface area contributed by atoms with E-state index in [4.69, 9.17) is 11.6 Å². The van der Waals surface area contributed by atoms with E-state index in [2.05, 4.69) is 20.8 Å². The molecule has 1 atom stereocenters.